The van der Waals surface area contributed by atoms with Gasteiger partial charge in [-0.2, -0.15) is 4.31 Å². The standard InChI is InChI=1S/C14H22N4O2S/c1-17-7-2-3-11-10-18(8-5-13(11)17)21(19,20)14-9-16-6-4-12(14)15/h4,6,9,11,13H,2-3,5,7-8,10H2,1H3,(H2,15,16). The van der Waals surface area contributed by atoms with Crippen LogP contribution in [0, 0.1) is 5.92 Å². The Bertz CT molecular complexity index is 619. The third-order valence-corrected chi connectivity index (χ3v) is 6.65. The van der Waals surface area contributed by atoms with Gasteiger partial charge in [-0.3, -0.25) is 4.98 Å². The maximum atomic E-state index is 12.8. The number of aromatic nitrogens is 1. The smallest absolute Gasteiger partial charge is 0.246 e. The van der Waals surface area contributed by atoms with E-state index in [0.717, 1.165) is 25.8 Å². The predicted octanol–water partition coefficient (Wildman–Crippen LogP) is 0.769. The normalized spacial score (nSPS) is 28.2. The average Bonchev–Trinajstić information content (AvgIpc) is 2.47. The van der Waals surface area contributed by atoms with Gasteiger partial charge in [-0.15, -0.1) is 0 Å². The summed E-state index contributed by atoms with van der Waals surface area (Å²) in [7, 11) is -1.39. The number of sulfonamides is 1. The van der Waals surface area contributed by atoms with Crippen LogP contribution in [0.5, 0.6) is 0 Å². The number of hydrogen-bond donors (Lipinski definition) is 1. The van der Waals surface area contributed by atoms with Crippen molar-refractivity contribution in [1.29, 1.82) is 0 Å². The lowest BCUT2D eigenvalue weighted by Gasteiger charge is -2.45. The number of fused-ring (bicyclic) bond motifs is 1. The largest absolute Gasteiger partial charge is 0.398 e. The number of nitrogens with zero attached hydrogens (tertiary/aromatic N) is 3. The summed E-state index contributed by atoms with van der Waals surface area (Å²) < 4.78 is 27.1. The SMILES string of the molecule is CN1CCCC2CN(S(=O)(=O)c3cnccc3N)CCC21. The quantitative estimate of drug-likeness (QED) is 0.873. The average molecular weight is 310 g/mol. The third kappa shape index (κ3) is 2.65. The van der Waals surface area contributed by atoms with E-state index in [1.165, 1.54) is 18.5 Å². The highest BCUT2D eigenvalue weighted by molar-refractivity contribution is 7.89. The summed E-state index contributed by atoms with van der Waals surface area (Å²) >= 11 is 0. The number of anilines is 1. The molecule has 2 saturated heterocycles. The van der Waals surface area contributed by atoms with E-state index in [4.69, 9.17) is 5.73 Å². The minimum atomic E-state index is -3.53. The van der Waals surface area contributed by atoms with Crippen molar-refractivity contribution in [2.24, 2.45) is 5.92 Å². The molecule has 1 aromatic heterocycles. The number of pyridine rings is 1. The molecule has 1 aromatic rings. The maximum absolute atomic E-state index is 12.8. The Morgan fingerprint density at radius 2 is 2.14 bits per heavy atom. The molecule has 0 radical (unpaired) electrons. The summed E-state index contributed by atoms with van der Waals surface area (Å²) in [6, 6.07) is 2.05. The maximum Gasteiger partial charge on any atom is 0.246 e. The number of piperidine rings is 2. The Kier molecular flexibility index (Phi) is 3.90. The molecule has 0 aliphatic carbocycles. The molecule has 0 aromatic carbocycles. The lowest BCUT2D eigenvalue weighted by molar-refractivity contribution is 0.0671. The topological polar surface area (TPSA) is 79.5 Å². The van der Waals surface area contributed by atoms with E-state index >= 15 is 0 Å². The molecule has 0 spiro atoms. The van der Waals surface area contributed by atoms with E-state index in [1.54, 1.807) is 4.31 Å². The molecule has 2 aliphatic rings. The lowest BCUT2D eigenvalue weighted by Crippen LogP contribution is -2.53. The van der Waals surface area contributed by atoms with Crippen LogP contribution in [0.4, 0.5) is 5.69 Å². The minimum Gasteiger partial charge on any atom is -0.398 e. The second-order valence-electron chi connectivity index (χ2n) is 6.02. The van der Waals surface area contributed by atoms with Crippen LogP contribution in [0.1, 0.15) is 19.3 Å². The van der Waals surface area contributed by atoms with Gasteiger partial charge >= 0.3 is 0 Å². The van der Waals surface area contributed by atoms with Crippen LogP contribution >= 0.6 is 0 Å². The Morgan fingerprint density at radius 3 is 2.90 bits per heavy atom. The molecule has 0 amide bonds. The van der Waals surface area contributed by atoms with E-state index in [0.29, 0.717) is 25.0 Å². The molecule has 2 fully saturated rings. The third-order valence-electron chi connectivity index (χ3n) is 4.74. The summed E-state index contributed by atoms with van der Waals surface area (Å²) in [5.74, 6) is 0.421. The van der Waals surface area contributed by atoms with Crippen molar-refractivity contribution in [2.45, 2.75) is 30.2 Å². The van der Waals surface area contributed by atoms with Gasteiger partial charge in [-0.25, -0.2) is 8.42 Å². The van der Waals surface area contributed by atoms with Gasteiger partial charge < -0.3 is 10.6 Å². The zero-order valence-electron chi connectivity index (χ0n) is 12.3. The molecule has 0 bridgehead atoms. The molecule has 3 rings (SSSR count). The Labute approximate surface area is 126 Å². The second kappa shape index (κ2) is 5.55. The first-order valence-electron chi connectivity index (χ1n) is 7.40. The molecule has 3 heterocycles. The zero-order chi connectivity index (χ0) is 15.0. The van der Waals surface area contributed by atoms with Gasteiger partial charge in [0, 0.05) is 31.5 Å². The van der Waals surface area contributed by atoms with Crippen molar-refractivity contribution in [1.82, 2.24) is 14.2 Å². The van der Waals surface area contributed by atoms with Crippen molar-refractivity contribution < 1.29 is 8.42 Å². The second-order valence-corrected chi connectivity index (χ2v) is 7.92. The van der Waals surface area contributed by atoms with Crippen LogP contribution in [0.2, 0.25) is 0 Å². The van der Waals surface area contributed by atoms with Crippen LogP contribution in [0.25, 0.3) is 0 Å². The van der Waals surface area contributed by atoms with Gasteiger partial charge in [0.05, 0.1) is 5.69 Å². The molecule has 6 nitrogen and oxygen atoms in total. The summed E-state index contributed by atoms with van der Waals surface area (Å²) in [6.07, 6.45) is 5.99. The van der Waals surface area contributed by atoms with Gasteiger partial charge in [0.15, 0.2) is 0 Å². The van der Waals surface area contributed by atoms with E-state index in [2.05, 4.69) is 16.9 Å². The fourth-order valence-electron chi connectivity index (χ4n) is 3.58. The molecular weight excluding hydrogens is 288 g/mol. The summed E-state index contributed by atoms with van der Waals surface area (Å²) in [6.45, 7) is 2.26. The van der Waals surface area contributed by atoms with Gasteiger partial charge in [0.1, 0.15) is 4.90 Å². The highest BCUT2D eigenvalue weighted by Crippen LogP contribution is 2.32. The molecule has 7 heteroatoms. The minimum absolute atomic E-state index is 0.132. The first-order valence-corrected chi connectivity index (χ1v) is 8.84. The van der Waals surface area contributed by atoms with Crippen LogP contribution in [0.3, 0.4) is 0 Å². The van der Waals surface area contributed by atoms with E-state index in [9.17, 15) is 8.42 Å². The fourth-order valence-corrected chi connectivity index (χ4v) is 5.15. The lowest BCUT2D eigenvalue weighted by atomic mass is 9.85. The van der Waals surface area contributed by atoms with Gasteiger partial charge in [-0.1, -0.05) is 0 Å². The van der Waals surface area contributed by atoms with Crippen LogP contribution < -0.4 is 5.73 Å². The number of hydrogen-bond acceptors (Lipinski definition) is 5. The van der Waals surface area contributed by atoms with E-state index in [-0.39, 0.29) is 10.6 Å². The molecule has 2 N–H and O–H groups in total. The van der Waals surface area contributed by atoms with Gasteiger partial charge in [0.2, 0.25) is 10.0 Å². The molecule has 21 heavy (non-hydrogen) atoms. The van der Waals surface area contributed by atoms with Crippen molar-refractivity contribution in [3.8, 4) is 0 Å². The van der Waals surface area contributed by atoms with Gasteiger partial charge in [-0.05, 0) is 44.8 Å². The van der Waals surface area contributed by atoms with Crippen molar-refractivity contribution >= 4 is 15.7 Å². The summed E-state index contributed by atoms with van der Waals surface area (Å²) in [5.41, 5.74) is 6.08. The number of nitrogen functional groups attached to an aromatic ring is 1. The fraction of sp³-hybridized carbons (Fsp3) is 0.643. The first kappa shape index (κ1) is 14.7. The van der Waals surface area contributed by atoms with Crippen LogP contribution in [-0.4, -0.2) is 55.3 Å². The number of likely N-dealkylation sites (tertiary alicyclic amines) is 1. The molecule has 116 valence electrons. The molecular formula is C14H22N4O2S. The molecule has 2 unspecified atom stereocenters. The molecule has 0 saturated carbocycles. The Hall–Kier alpha value is -1.18. The Balaban J connectivity index is 1.83. The number of nitrogens with two attached hydrogens (primary N) is 1. The van der Waals surface area contributed by atoms with Crippen LogP contribution in [0.15, 0.2) is 23.4 Å². The monoisotopic (exact) mass is 310 g/mol. The molecule has 2 aliphatic heterocycles. The molecule has 2 atom stereocenters. The Morgan fingerprint density at radius 1 is 1.33 bits per heavy atom. The van der Waals surface area contributed by atoms with Crippen molar-refractivity contribution in [3.05, 3.63) is 18.5 Å². The van der Waals surface area contributed by atoms with E-state index < -0.39 is 10.0 Å². The predicted molar refractivity (Wildman–Crippen MR) is 81.2 cm³/mol. The van der Waals surface area contributed by atoms with Crippen LogP contribution in [-0.2, 0) is 10.0 Å². The highest BCUT2D eigenvalue weighted by atomic mass is 32.2. The highest BCUT2D eigenvalue weighted by Gasteiger charge is 2.39. The van der Waals surface area contributed by atoms with Crippen molar-refractivity contribution in [3.63, 3.8) is 0 Å². The van der Waals surface area contributed by atoms with Crippen molar-refractivity contribution in [2.75, 3.05) is 32.4 Å². The first-order chi connectivity index (χ1) is 10.00. The summed E-state index contributed by atoms with van der Waals surface area (Å²) in [4.78, 5) is 6.41. The summed E-state index contributed by atoms with van der Waals surface area (Å²) in [5, 5.41) is 0. The van der Waals surface area contributed by atoms with E-state index in [1.807, 2.05) is 0 Å². The van der Waals surface area contributed by atoms with Gasteiger partial charge in [0.25, 0.3) is 0 Å². The zero-order valence-corrected chi connectivity index (χ0v) is 13.1. The number of rotatable bonds is 2.